The van der Waals surface area contributed by atoms with E-state index in [-0.39, 0.29) is 0 Å². The Balaban J connectivity index is 1.19. The number of hydrogen-bond donors (Lipinski definition) is 0. The molecule has 0 atom stereocenters. The topological polar surface area (TPSA) is 8.17 Å². The van der Waals surface area contributed by atoms with E-state index >= 15 is 0 Å². The van der Waals surface area contributed by atoms with Crippen LogP contribution in [0.25, 0.3) is 82.1 Å². The second-order valence-electron chi connectivity index (χ2n) is 14.5. The number of nitrogens with zero attached hydrogens (tertiary/aromatic N) is 2. The molecule has 1 heterocycles. The maximum absolute atomic E-state index is 2.48. The molecule has 0 saturated heterocycles. The van der Waals surface area contributed by atoms with Gasteiger partial charge in [-0.05, 0) is 80.9 Å². The zero-order valence-corrected chi connectivity index (χ0v) is 30.7. The quantitative estimate of drug-likeness (QED) is 0.167. The van der Waals surface area contributed by atoms with Crippen molar-refractivity contribution in [2.75, 3.05) is 4.90 Å². The fourth-order valence-corrected chi connectivity index (χ4v) is 8.88. The Hall–Kier alpha value is -7.42. The van der Waals surface area contributed by atoms with Crippen molar-refractivity contribution in [3.8, 4) is 27.9 Å². The summed E-state index contributed by atoms with van der Waals surface area (Å²) in [5.74, 6) is 0. The first kappa shape index (κ1) is 32.0. The summed E-state index contributed by atoms with van der Waals surface area (Å²) in [7, 11) is 0. The summed E-state index contributed by atoms with van der Waals surface area (Å²) in [6.45, 7) is 0. The third-order valence-electron chi connectivity index (χ3n) is 11.3. The van der Waals surface area contributed by atoms with Crippen LogP contribution in [0.5, 0.6) is 0 Å². The lowest BCUT2D eigenvalue weighted by molar-refractivity contribution is 1.19. The Morgan fingerprint density at radius 2 is 0.929 bits per heavy atom. The van der Waals surface area contributed by atoms with E-state index in [1.807, 2.05) is 0 Å². The van der Waals surface area contributed by atoms with E-state index < -0.39 is 0 Å². The summed E-state index contributed by atoms with van der Waals surface area (Å²) in [6, 6.07) is 79.5. The molecule has 0 aliphatic rings. The minimum Gasteiger partial charge on any atom is -0.309 e. The highest BCUT2D eigenvalue weighted by Crippen LogP contribution is 2.46. The normalized spacial score (nSPS) is 11.6. The van der Waals surface area contributed by atoms with Crippen molar-refractivity contribution in [3.05, 3.63) is 218 Å². The van der Waals surface area contributed by atoms with Gasteiger partial charge in [0, 0.05) is 32.6 Å². The molecule has 2 heteroatoms. The van der Waals surface area contributed by atoms with Crippen molar-refractivity contribution in [1.82, 2.24) is 4.57 Å². The number of aromatic nitrogens is 1. The predicted molar refractivity (Wildman–Crippen MR) is 239 cm³/mol. The lowest BCUT2D eigenvalue weighted by atomic mass is 9.94. The number of fused-ring (bicyclic) bond motifs is 7. The van der Waals surface area contributed by atoms with Crippen molar-refractivity contribution in [2.24, 2.45) is 0 Å². The third kappa shape index (κ3) is 5.11. The highest BCUT2D eigenvalue weighted by atomic mass is 15.1. The number of para-hydroxylation sites is 1. The standard InChI is InChI=1S/C54H36N2/c1-3-16-37(17-4-1)41-23-13-24-42(36-41)55(48-31-15-21-38-20-7-8-25-43(38)48)50-34-35-51(46-27-10-9-26-45(46)50)56-49-30-12-11-28-47(49)54-52(56)33-32-40-22-14-29-44(53(40)54)39-18-5-2-6-19-39/h1-36H. The van der Waals surface area contributed by atoms with Gasteiger partial charge in [0.25, 0.3) is 0 Å². The summed E-state index contributed by atoms with van der Waals surface area (Å²) >= 11 is 0. The monoisotopic (exact) mass is 712 g/mol. The number of anilines is 3. The van der Waals surface area contributed by atoms with Crippen LogP contribution in [0.1, 0.15) is 0 Å². The van der Waals surface area contributed by atoms with Gasteiger partial charge in [-0.2, -0.15) is 0 Å². The fraction of sp³-hybridized carbons (Fsp3) is 0. The molecule has 0 saturated carbocycles. The van der Waals surface area contributed by atoms with Gasteiger partial charge in [0.15, 0.2) is 0 Å². The molecule has 262 valence electrons. The molecule has 11 aromatic rings. The molecule has 0 aliphatic carbocycles. The first-order valence-corrected chi connectivity index (χ1v) is 19.3. The lowest BCUT2D eigenvalue weighted by Gasteiger charge is -2.29. The van der Waals surface area contributed by atoms with E-state index in [2.05, 4.69) is 228 Å². The van der Waals surface area contributed by atoms with E-state index in [1.54, 1.807) is 0 Å². The molecule has 0 radical (unpaired) electrons. The first-order valence-electron chi connectivity index (χ1n) is 19.3. The van der Waals surface area contributed by atoms with Gasteiger partial charge in [-0.25, -0.2) is 0 Å². The average Bonchev–Trinajstić information content (AvgIpc) is 3.61. The molecule has 0 spiro atoms. The maximum atomic E-state index is 2.48. The Labute approximate surface area is 325 Å². The van der Waals surface area contributed by atoms with Gasteiger partial charge in [0.1, 0.15) is 0 Å². The van der Waals surface area contributed by atoms with Crippen LogP contribution in [0, 0.1) is 0 Å². The van der Waals surface area contributed by atoms with Crippen molar-refractivity contribution in [3.63, 3.8) is 0 Å². The van der Waals surface area contributed by atoms with Crippen molar-refractivity contribution < 1.29 is 0 Å². The highest BCUT2D eigenvalue weighted by molar-refractivity contribution is 6.25. The molecular weight excluding hydrogens is 677 g/mol. The van der Waals surface area contributed by atoms with E-state index in [0.717, 1.165) is 22.7 Å². The van der Waals surface area contributed by atoms with Gasteiger partial charge in [0.2, 0.25) is 0 Å². The largest absolute Gasteiger partial charge is 0.309 e. The van der Waals surface area contributed by atoms with Crippen LogP contribution in [0.2, 0.25) is 0 Å². The van der Waals surface area contributed by atoms with Gasteiger partial charge < -0.3 is 9.47 Å². The molecule has 10 aromatic carbocycles. The smallest absolute Gasteiger partial charge is 0.0548 e. The summed E-state index contributed by atoms with van der Waals surface area (Å²) in [4.78, 5) is 2.45. The summed E-state index contributed by atoms with van der Waals surface area (Å²) in [6.07, 6.45) is 0. The van der Waals surface area contributed by atoms with Gasteiger partial charge >= 0.3 is 0 Å². The Morgan fingerprint density at radius 1 is 0.321 bits per heavy atom. The molecular formula is C54H36N2. The van der Waals surface area contributed by atoms with E-state index in [1.165, 1.54) is 76.4 Å². The minimum atomic E-state index is 1.11. The van der Waals surface area contributed by atoms with E-state index in [0.29, 0.717) is 0 Å². The van der Waals surface area contributed by atoms with Crippen LogP contribution >= 0.6 is 0 Å². The average molecular weight is 713 g/mol. The van der Waals surface area contributed by atoms with Crippen LogP contribution in [0.4, 0.5) is 17.1 Å². The third-order valence-corrected chi connectivity index (χ3v) is 11.3. The van der Waals surface area contributed by atoms with Gasteiger partial charge in [-0.1, -0.05) is 176 Å². The second kappa shape index (κ2) is 13.2. The highest BCUT2D eigenvalue weighted by Gasteiger charge is 2.22. The second-order valence-corrected chi connectivity index (χ2v) is 14.5. The van der Waals surface area contributed by atoms with Gasteiger partial charge in [-0.15, -0.1) is 0 Å². The van der Waals surface area contributed by atoms with Crippen LogP contribution < -0.4 is 4.90 Å². The van der Waals surface area contributed by atoms with E-state index in [4.69, 9.17) is 0 Å². The van der Waals surface area contributed by atoms with E-state index in [9.17, 15) is 0 Å². The van der Waals surface area contributed by atoms with Gasteiger partial charge in [0.05, 0.1) is 28.1 Å². The number of benzene rings is 10. The number of hydrogen-bond acceptors (Lipinski definition) is 1. The predicted octanol–water partition coefficient (Wildman–Crippen LogP) is 15.0. The summed E-state index contributed by atoms with van der Waals surface area (Å²) in [5.41, 5.74) is 11.8. The van der Waals surface area contributed by atoms with Crippen molar-refractivity contribution in [2.45, 2.75) is 0 Å². The molecule has 2 nitrogen and oxygen atoms in total. The van der Waals surface area contributed by atoms with Crippen LogP contribution in [0.15, 0.2) is 218 Å². The van der Waals surface area contributed by atoms with Crippen molar-refractivity contribution >= 4 is 71.2 Å². The zero-order valence-electron chi connectivity index (χ0n) is 30.7. The maximum Gasteiger partial charge on any atom is 0.0548 e. The minimum absolute atomic E-state index is 1.11. The van der Waals surface area contributed by atoms with Gasteiger partial charge in [-0.3, -0.25) is 0 Å². The summed E-state index contributed by atoms with van der Waals surface area (Å²) in [5, 5.41) is 9.84. The molecule has 0 bridgehead atoms. The molecule has 56 heavy (non-hydrogen) atoms. The lowest BCUT2D eigenvalue weighted by Crippen LogP contribution is -2.11. The van der Waals surface area contributed by atoms with Crippen molar-refractivity contribution in [1.29, 1.82) is 0 Å². The molecule has 1 aromatic heterocycles. The first-order chi connectivity index (χ1) is 27.8. The molecule has 11 rings (SSSR count). The Bertz CT molecular complexity index is 3240. The fourth-order valence-electron chi connectivity index (χ4n) is 8.88. The zero-order chi connectivity index (χ0) is 37.0. The van der Waals surface area contributed by atoms with Crippen LogP contribution in [0.3, 0.4) is 0 Å². The molecule has 0 aliphatic heterocycles. The summed E-state index contributed by atoms with van der Waals surface area (Å²) < 4.78 is 2.48. The Morgan fingerprint density at radius 3 is 1.77 bits per heavy atom. The SMILES string of the molecule is c1ccc(-c2cccc(N(c3cccc4ccccc34)c3ccc(-n4c5ccccc5c5c6c(-c7ccccc7)cccc6ccc54)c4ccccc34)c2)cc1. The molecule has 0 amide bonds. The molecule has 0 unspecified atom stereocenters. The van der Waals surface area contributed by atoms with Crippen LogP contribution in [-0.4, -0.2) is 4.57 Å². The Kier molecular flexibility index (Phi) is 7.53. The number of rotatable bonds is 6. The molecule has 0 fully saturated rings. The molecule has 0 N–H and O–H groups in total. The van der Waals surface area contributed by atoms with Crippen LogP contribution in [-0.2, 0) is 0 Å².